The average Bonchev–Trinajstić information content (AvgIpc) is 2.73. The predicted molar refractivity (Wildman–Crippen MR) is 67.1 cm³/mol. The Morgan fingerprint density at radius 1 is 1.38 bits per heavy atom. The fourth-order valence-electron chi connectivity index (χ4n) is 1.19. The van der Waals surface area contributed by atoms with Crippen LogP contribution in [0.3, 0.4) is 0 Å². The molecule has 0 N–H and O–H groups in total. The van der Waals surface area contributed by atoms with Crippen molar-refractivity contribution in [2.75, 3.05) is 7.11 Å². The van der Waals surface area contributed by atoms with Crippen molar-refractivity contribution in [1.82, 2.24) is 4.98 Å². The summed E-state index contributed by atoms with van der Waals surface area (Å²) in [4.78, 5) is 4.25. The van der Waals surface area contributed by atoms with Crippen LogP contribution in [-0.4, -0.2) is 12.1 Å². The molecular formula is C11H10BrNO2S. The van der Waals surface area contributed by atoms with E-state index >= 15 is 0 Å². The topological polar surface area (TPSA) is 31.4 Å². The third-order valence-electron chi connectivity index (χ3n) is 1.93. The van der Waals surface area contributed by atoms with Crippen LogP contribution in [0.15, 0.2) is 34.2 Å². The lowest BCUT2D eigenvalue weighted by atomic mass is 10.3. The molecule has 0 fully saturated rings. The molecule has 0 saturated carbocycles. The molecule has 0 saturated heterocycles. The van der Waals surface area contributed by atoms with Gasteiger partial charge in [0.25, 0.3) is 0 Å². The van der Waals surface area contributed by atoms with E-state index in [4.69, 9.17) is 9.47 Å². The van der Waals surface area contributed by atoms with Gasteiger partial charge in [0.05, 0.1) is 7.11 Å². The Hall–Kier alpha value is -1.07. The molecule has 0 aliphatic rings. The number of thiazole rings is 1. The van der Waals surface area contributed by atoms with Gasteiger partial charge in [0, 0.05) is 11.4 Å². The van der Waals surface area contributed by atoms with E-state index < -0.39 is 0 Å². The second kappa shape index (κ2) is 5.32. The molecule has 84 valence electrons. The molecule has 0 amide bonds. The highest BCUT2D eigenvalue weighted by Crippen LogP contribution is 2.21. The zero-order valence-electron chi connectivity index (χ0n) is 8.64. The number of methoxy groups -OCH3 is 1. The number of nitrogens with zero attached hydrogens (tertiary/aromatic N) is 1. The van der Waals surface area contributed by atoms with Crippen molar-refractivity contribution in [3.05, 3.63) is 39.3 Å². The van der Waals surface area contributed by atoms with Crippen molar-refractivity contribution in [2.24, 2.45) is 0 Å². The van der Waals surface area contributed by atoms with Crippen molar-refractivity contribution in [1.29, 1.82) is 0 Å². The molecule has 0 atom stereocenters. The van der Waals surface area contributed by atoms with Crippen LogP contribution in [0, 0.1) is 0 Å². The van der Waals surface area contributed by atoms with Crippen molar-refractivity contribution in [3.63, 3.8) is 0 Å². The Kier molecular flexibility index (Phi) is 3.79. The Morgan fingerprint density at radius 2 is 2.19 bits per heavy atom. The first-order valence-corrected chi connectivity index (χ1v) is 6.32. The van der Waals surface area contributed by atoms with Crippen molar-refractivity contribution < 1.29 is 9.47 Å². The number of benzene rings is 1. The normalized spacial score (nSPS) is 10.1. The second-order valence-electron chi connectivity index (χ2n) is 3.03. The minimum atomic E-state index is 0.476. The Labute approximate surface area is 106 Å². The molecule has 1 aromatic carbocycles. The molecule has 0 aliphatic carbocycles. The number of halogens is 1. The van der Waals surface area contributed by atoms with Crippen LogP contribution in [0.1, 0.15) is 5.01 Å². The standard InChI is InChI=1S/C11H10BrNO2S/c1-14-8-3-2-4-9(5-8)15-6-11-13-10(12)7-16-11/h2-5,7H,6H2,1H3. The Balaban J connectivity index is 1.99. The van der Waals surface area contributed by atoms with E-state index in [-0.39, 0.29) is 0 Å². The molecule has 0 radical (unpaired) electrons. The third kappa shape index (κ3) is 2.96. The molecule has 0 bridgehead atoms. The van der Waals surface area contributed by atoms with Crippen LogP contribution >= 0.6 is 27.3 Å². The molecule has 0 unspecified atom stereocenters. The largest absolute Gasteiger partial charge is 0.497 e. The maximum absolute atomic E-state index is 5.59. The van der Waals surface area contributed by atoms with E-state index in [1.54, 1.807) is 18.4 Å². The van der Waals surface area contributed by atoms with Gasteiger partial charge in [0.15, 0.2) is 0 Å². The summed E-state index contributed by atoms with van der Waals surface area (Å²) in [6.45, 7) is 0.476. The number of rotatable bonds is 4. The van der Waals surface area contributed by atoms with Crippen LogP contribution < -0.4 is 9.47 Å². The van der Waals surface area contributed by atoms with Crippen molar-refractivity contribution >= 4 is 27.3 Å². The summed E-state index contributed by atoms with van der Waals surface area (Å²) in [7, 11) is 1.64. The van der Waals surface area contributed by atoms with Crippen LogP contribution in [0.4, 0.5) is 0 Å². The summed E-state index contributed by atoms with van der Waals surface area (Å²) in [5.74, 6) is 1.57. The summed E-state index contributed by atoms with van der Waals surface area (Å²) in [6, 6.07) is 7.52. The molecule has 1 heterocycles. The van der Waals surface area contributed by atoms with Gasteiger partial charge >= 0.3 is 0 Å². The lowest BCUT2D eigenvalue weighted by Crippen LogP contribution is -1.94. The van der Waals surface area contributed by atoms with Crippen LogP contribution in [0.2, 0.25) is 0 Å². The Morgan fingerprint density at radius 3 is 2.88 bits per heavy atom. The van der Waals surface area contributed by atoms with Crippen LogP contribution in [-0.2, 0) is 6.61 Å². The van der Waals surface area contributed by atoms with E-state index in [9.17, 15) is 0 Å². The molecule has 2 aromatic rings. The lowest BCUT2D eigenvalue weighted by Gasteiger charge is -2.05. The zero-order chi connectivity index (χ0) is 11.4. The predicted octanol–water partition coefficient (Wildman–Crippen LogP) is 3.49. The van der Waals surface area contributed by atoms with Gasteiger partial charge < -0.3 is 9.47 Å². The third-order valence-corrected chi connectivity index (χ3v) is 3.46. The zero-order valence-corrected chi connectivity index (χ0v) is 11.0. The highest BCUT2D eigenvalue weighted by Gasteiger charge is 2.01. The van der Waals surface area contributed by atoms with Crippen LogP contribution in [0.25, 0.3) is 0 Å². The van der Waals surface area contributed by atoms with E-state index in [0.717, 1.165) is 21.1 Å². The van der Waals surface area contributed by atoms with Crippen molar-refractivity contribution in [3.8, 4) is 11.5 Å². The SMILES string of the molecule is COc1cccc(OCc2nc(Br)cs2)c1. The van der Waals surface area contributed by atoms with Gasteiger partial charge in [-0.2, -0.15) is 0 Å². The van der Waals surface area contributed by atoms with Gasteiger partial charge in [-0.15, -0.1) is 11.3 Å². The number of aromatic nitrogens is 1. The second-order valence-corrected chi connectivity index (χ2v) is 4.79. The average molecular weight is 300 g/mol. The minimum absolute atomic E-state index is 0.476. The summed E-state index contributed by atoms with van der Waals surface area (Å²) in [6.07, 6.45) is 0. The van der Waals surface area contributed by atoms with Crippen LogP contribution in [0.5, 0.6) is 11.5 Å². The molecule has 3 nitrogen and oxygen atoms in total. The van der Waals surface area contributed by atoms with E-state index in [1.807, 2.05) is 29.6 Å². The highest BCUT2D eigenvalue weighted by molar-refractivity contribution is 9.10. The minimum Gasteiger partial charge on any atom is -0.497 e. The van der Waals surface area contributed by atoms with Crippen molar-refractivity contribution in [2.45, 2.75) is 6.61 Å². The summed E-state index contributed by atoms with van der Waals surface area (Å²) >= 11 is 4.87. The first-order chi connectivity index (χ1) is 7.78. The molecule has 0 spiro atoms. The first-order valence-electron chi connectivity index (χ1n) is 4.64. The number of ether oxygens (including phenoxy) is 2. The summed E-state index contributed by atoms with van der Waals surface area (Å²) < 4.78 is 11.6. The number of hydrogen-bond donors (Lipinski definition) is 0. The smallest absolute Gasteiger partial charge is 0.140 e. The highest BCUT2D eigenvalue weighted by atomic mass is 79.9. The van der Waals surface area contributed by atoms with Gasteiger partial charge in [-0.25, -0.2) is 4.98 Å². The Bertz CT molecular complexity index is 473. The van der Waals surface area contributed by atoms with E-state index in [2.05, 4.69) is 20.9 Å². The molecule has 5 heteroatoms. The molecule has 2 rings (SSSR count). The fourth-order valence-corrected chi connectivity index (χ4v) is 2.37. The molecule has 16 heavy (non-hydrogen) atoms. The molecule has 1 aromatic heterocycles. The van der Waals surface area contributed by atoms with Gasteiger partial charge in [0.1, 0.15) is 27.7 Å². The molecule has 0 aliphatic heterocycles. The van der Waals surface area contributed by atoms with Gasteiger partial charge in [-0.3, -0.25) is 0 Å². The maximum Gasteiger partial charge on any atom is 0.140 e. The quantitative estimate of drug-likeness (QED) is 0.866. The summed E-state index contributed by atoms with van der Waals surface area (Å²) in [5, 5.41) is 2.87. The van der Waals surface area contributed by atoms with Gasteiger partial charge in [-0.1, -0.05) is 6.07 Å². The van der Waals surface area contributed by atoms with Gasteiger partial charge in [-0.05, 0) is 28.1 Å². The fraction of sp³-hybridized carbons (Fsp3) is 0.182. The van der Waals surface area contributed by atoms with E-state index in [0.29, 0.717) is 6.61 Å². The number of hydrogen-bond acceptors (Lipinski definition) is 4. The lowest BCUT2D eigenvalue weighted by molar-refractivity contribution is 0.303. The first kappa shape index (κ1) is 11.4. The maximum atomic E-state index is 5.59. The monoisotopic (exact) mass is 299 g/mol. The van der Waals surface area contributed by atoms with E-state index in [1.165, 1.54) is 0 Å². The summed E-state index contributed by atoms with van der Waals surface area (Å²) in [5.41, 5.74) is 0. The molecular weight excluding hydrogens is 290 g/mol. The van der Waals surface area contributed by atoms with Gasteiger partial charge in [0.2, 0.25) is 0 Å².